The van der Waals surface area contributed by atoms with Gasteiger partial charge in [-0.05, 0) is 44.7 Å². The molecule has 0 aliphatic heterocycles. The molecular weight excluding hydrogens is 254 g/mol. The lowest BCUT2D eigenvalue weighted by molar-refractivity contribution is 0.469. The van der Waals surface area contributed by atoms with Crippen molar-refractivity contribution in [3.05, 3.63) is 12.7 Å². The third-order valence-electron chi connectivity index (χ3n) is 4.51. The van der Waals surface area contributed by atoms with Crippen LogP contribution < -0.4 is 5.32 Å². The Bertz CT molecular complexity index is 200. The summed E-state index contributed by atoms with van der Waals surface area (Å²) in [4.78, 5) is 0. The van der Waals surface area contributed by atoms with Crippen molar-refractivity contribution in [3.8, 4) is 0 Å². The molecule has 0 fully saturated rings. The van der Waals surface area contributed by atoms with E-state index >= 15 is 0 Å². The fourth-order valence-electron chi connectivity index (χ4n) is 2.67. The molecule has 1 unspecified atom stereocenters. The molecule has 0 saturated heterocycles. The maximum Gasteiger partial charge on any atom is -0.00488 e. The zero-order chi connectivity index (χ0) is 15.6. The predicted octanol–water partition coefficient (Wildman–Crippen LogP) is 6.49. The summed E-state index contributed by atoms with van der Waals surface area (Å²) < 4.78 is 0. The van der Waals surface area contributed by atoms with E-state index in [1.165, 1.54) is 96.6 Å². The fourth-order valence-corrected chi connectivity index (χ4v) is 2.67. The zero-order valence-corrected chi connectivity index (χ0v) is 15.0. The van der Waals surface area contributed by atoms with Crippen LogP contribution in [0.1, 0.15) is 97.3 Å². The van der Waals surface area contributed by atoms with Gasteiger partial charge in [0.2, 0.25) is 0 Å². The van der Waals surface area contributed by atoms with Gasteiger partial charge in [0.15, 0.2) is 0 Å². The maximum atomic E-state index is 3.75. The molecule has 0 aromatic carbocycles. The largest absolute Gasteiger partial charge is 0.317 e. The highest BCUT2D eigenvalue weighted by Gasteiger charge is 1.98. The molecule has 0 aromatic heterocycles. The first-order valence-electron chi connectivity index (χ1n) is 9.62. The van der Waals surface area contributed by atoms with Gasteiger partial charge in [-0.2, -0.15) is 0 Å². The predicted molar refractivity (Wildman–Crippen MR) is 97.9 cm³/mol. The molecule has 0 spiro atoms. The minimum Gasteiger partial charge on any atom is -0.317 e. The normalized spacial score (nSPS) is 12.5. The van der Waals surface area contributed by atoms with E-state index in [2.05, 4.69) is 25.7 Å². The molecule has 0 aliphatic rings. The van der Waals surface area contributed by atoms with E-state index in [1.54, 1.807) is 0 Å². The number of hydrogen-bond donors (Lipinski definition) is 1. The van der Waals surface area contributed by atoms with Crippen molar-refractivity contribution in [1.29, 1.82) is 0 Å². The van der Waals surface area contributed by atoms with Crippen molar-refractivity contribution in [2.75, 3.05) is 13.1 Å². The smallest absolute Gasteiger partial charge is 0.00488 e. The molecule has 21 heavy (non-hydrogen) atoms. The summed E-state index contributed by atoms with van der Waals surface area (Å²) in [5, 5.41) is 3.54. The van der Waals surface area contributed by atoms with Gasteiger partial charge in [-0.3, -0.25) is 0 Å². The lowest BCUT2D eigenvalue weighted by Gasteiger charge is -2.07. The quantitative estimate of drug-likeness (QED) is 0.239. The highest BCUT2D eigenvalue weighted by Crippen LogP contribution is 2.14. The van der Waals surface area contributed by atoms with Gasteiger partial charge in [-0.15, -0.1) is 6.58 Å². The highest BCUT2D eigenvalue weighted by atomic mass is 14.8. The first-order valence-corrected chi connectivity index (χ1v) is 9.62. The van der Waals surface area contributed by atoms with Crippen molar-refractivity contribution in [1.82, 2.24) is 5.32 Å². The van der Waals surface area contributed by atoms with Gasteiger partial charge in [0.25, 0.3) is 0 Å². The van der Waals surface area contributed by atoms with Crippen molar-refractivity contribution < 1.29 is 0 Å². The molecule has 0 saturated carbocycles. The third kappa shape index (κ3) is 17.6. The van der Waals surface area contributed by atoms with Crippen molar-refractivity contribution >= 4 is 0 Å². The van der Waals surface area contributed by atoms with E-state index in [-0.39, 0.29) is 0 Å². The van der Waals surface area contributed by atoms with E-state index in [9.17, 15) is 0 Å². The summed E-state index contributed by atoms with van der Waals surface area (Å²) in [7, 11) is 0. The number of unbranched alkanes of at least 4 members (excludes halogenated alkanes) is 9. The van der Waals surface area contributed by atoms with Gasteiger partial charge >= 0.3 is 0 Å². The lowest BCUT2D eigenvalue weighted by atomic mass is 10.00. The minimum absolute atomic E-state index is 0.939. The van der Waals surface area contributed by atoms with E-state index in [0.29, 0.717) is 0 Å². The molecule has 0 amide bonds. The van der Waals surface area contributed by atoms with E-state index in [0.717, 1.165) is 5.92 Å². The molecular formula is C20H41N. The SMILES string of the molecule is C=CCCCCNCCCCCCCCCCC(C)CC. The standard InChI is InChI=1S/C20H41N/c1-4-6-7-15-18-21-19-16-13-11-9-8-10-12-14-17-20(3)5-2/h4,20-21H,1,5-19H2,2-3H3. The zero-order valence-electron chi connectivity index (χ0n) is 15.0. The van der Waals surface area contributed by atoms with E-state index in [4.69, 9.17) is 0 Å². The van der Waals surface area contributed by atoms with Crippen LogP contribution in [0.3, 0.4) is 0 Å². The van der Waals surface area contributed by atoms with Gasteiger partial charge < -0.3 is 5.32 Å². The summed E-state index contributed by atoms with van der Waals surface area (Å²) in [5.41, 5.74) is 0. The molecule has 1 nitrogen and oxygen atoms in total. The van der Waals surface area contributed by atoms with Crippen LogP contribution in [0.5, 0.6) is 0 Å². The Morgan fingerprint density at radius 1 is 0.810 bits per heavy atom. The number of nitrogens with one attached hydrogen (secondary N) is 1. The Kier molecular flexibility index (Phi) is 17.5. The van der Waals surface area contributed by atoms with Crippen LogP contribution in [0.2, 0.25) is 0 Å². The minimum atomic E-state index is 0.939. The Hall–Kier alpha value is -0.300. The topological polar surface area (TPSA) is 12.0 Å². The Morgan fingerprint density at radius 3 is 1.90 bits per heavy atom. The second-order valence-electron chi connectivity index (χ2n) is 6.66. The molecule has 0 bridgehead atoms. The van der Waals surface area contributed by atoms with Gasteiger partial charge in [0, 0.05) is 0 Å². The first kappa shape index (κ1) is 20.7. The summed E-state index contributed by atoms with van der Waals surface area (Å²) in [6.07, 6.45) is 20.0. The number of allylic oxidation sites excluding steroid dienone is 1. The maximum absolute atomic E-state index is 3.75. The molecule has 0 aliphatic carbocycles. The van der Waals surface area contributed by atoms with Crippen LogP contribution >= 0.6 is 0 Å². The monoisotopic (exact) mass is 295 g/mol. The summed E-state index contributed by atoms with van der Waals surface area (Å²) in [5.74, 6) is 0.939. The summed E-state index contributed by atoms with van der Waals surface area (Å²) in [6.45, 7) is 10.8. The number of rotatable bonds is 17. The lowest BCUT2D eigenvalue weighted by Crippen LogP contribution is -2.16. The van der Waals surface area contributed by atoms with Crippen LogP contribution in [0.25, 0.3) is 0 Å². The molecule has 0 aromatic rings. The summed E-state index contributed by atoms with van der Waals surface area (Å²) >= 11 is 0. The van der Waals surface area contributed by atoms with Crippen LogP contribution in [-0.4, -0.2) is 13.1 Å². The molecule has 0 heterocycles. The van der Waals surface area contributed by atoms with E-state index < -0.39 is 0 Å². The van der Waals surface area contributed by atoms with Crippen LogP contribution in [-0.2, 0) is 0 Å². The number of hydrogen-bond acceptors (Lipinski definition) is 1. The first-order chi connectivity index (χ1) is 10.3. The van der Waals surface area contributed by atoms with Crippen LogP contribution in [0.4, 0.5) is 0 Å². The third-order valence-corrected chi connectivity index (χ3v) is 4.51. The van der Waals surface area contributed by atoms with Crippen molar-refractivity contribution in [3.63, 3.8) is 0 Å². The molecule has 1 N–H and O–H groups in total. The van der Waals surface area contributed by atoms with Gasteiger partial charge in [-0.1, -0.05) is 77.7 Å². The fraction of sp³-hybridized carbons (Fsp3) is 0.900. The second-order valence-corrected chi connectivity index (χ2v) is 6.66. The molecule has 0 radical (unpaired) electrons. The molecule has 1 atom stereocenters. The van der Waals surface area contributed by atoms with Gasteiger partial charge in [0.05, 0.1) is 0 Å². The van der Waals surface area contributed by atoms with Crippen molar-refractivity contribution in [2.45, 2.75) is 97.3 Å². The Balaban J connectivity index is 2.98. The Morgan fingerprint density at radius 2 is 1.33 bits per heavy atom. The Labute approximate surface area is 135 Å². The summed E-state index contributed by atoms with van der Waals surface area (Å²) in [6, 6.07) is 0. The second kappa shape index (κ2) is 17.8. The van der Waals surface area contributed by atoms with Crippen LogP contribution in [0.15, 0.2) is 12.7 Å². The van der Waals surface area contributed by atoms with Crippen LogP contribution in [0, 0.1) is 5.92 Å². The average molecular weight is 296 g/mol. The van der Waals surface area contributed by atoms with Crippen molar-refractivity contribution in [2.24, 2.45) is 5.92 Å². The van der Waals surface area contributed by atoms with Gasteiger partial charge in [0.1, 0.15) is 0 Å². The molecule has 0 rings (SSSR count). The molecule has 1 heteroatoms. The average Bonchev–Trinajstić information content (AvgIpc) is 2.50. The highest BCUT2D eigenvalue weighted by molar-refractivity contribution is 4.65. The molecule has 126 valence electrons. The van der Waals surface area contributed by atoms with Gasteiger partial charge in [-0.25, -0.2) is 0 Å². The van der Waals surface area contributed by atoms with E-state index in [1.807, 2.05) is 6.08 Å².